The van der Waals surface area contributed by atoms with E-state index in [4.69, 9.17) is 0 Å². The molecular weight excluding hydrogens is 324 g/mol. The molecule has 1 aliphatic rings. The van der Waals surface area contributed by atoms with Crippen molar-refractivity contribution in [1.82, 2.24) is 20.0 Å². The number of guanidine groups is 1. The van der Waals surface area contributed by atoms with Crippen LogP contribution in [0.2, 0.25) is 0 Å². The summed E-state index contributed by atoms with van der Waals surface area (Å²) in [4.78, 5) is 6.67. The standard InChI is InChI=1S/C18H23F2N5/c1-3-21-18(22-9-14-8-16(19)4-5-17(14)20)25-7-6-13(12-25)15-10-23-24(2)11-15/h4-5,8,10-11,13H,3,6-7,9,12H2,1-2H3,(H,21,22). The number of halogens is 2. The van der Waals surface area contributed by atoms with E-state index in [9.17, 15) is 8.78 Å². The van der Waals surface area contributed by atoms with Crippen LogP contribution >= 0.6 is 0 Å². The molecule has 0 saturated carbocycles. The average molecular weight is 347 g/mol. The topological polar surface area (TPSA) is 45.5 Å². The third-order valence-corrected chi connectivity index (χ3v) is 4.43. The first-order valence-corrected chi connectivity index (χ1v) is 8.52. The van der Waals surface area contributed by atoms with Crippen molar-refractivity contribution in [3.05, 3.63) is 53.4 Å². The predicted octanol–water partition coefficient (Wildman–Crippen LogP) is 2.65. The Labute approximate surface area is 146 Å². The minimum Gasteiger partial charge on any atom is -0.357 e. The molecular formula is C18H23F2N5. The van der Waals surface area contributed by atoms with Gasteiger partial charge in [-0.1, -0.05) is 0 Å². The van der Waals surface area contributed by atoms with Gasteiger partial charge < -0.3 is 10.2 Å². The summed E-state index contributed by atoms with van der Waals surface area (Å²) in [6.45, 7) is 4.53. The summed E-state index contributed by atoms with van der Waals surface area (Å²) >= 11 is 0. The van der Waals surface area contributed by atoms with Gasteiger partial charge in [-0.05, 0) is 37.1 Å². The fraction of sp³-hybridized carbons (Fsp3) is 0.444. The van der Waals surface area contributed by atoms with Crippen molar-refractivity contribution >= 4 is 5.96 Å². The fourth-order valence-corrected chi connectivity index (χ4v) is 3.13. The highest BCUT2D eigenvalue weighted by atomic mass is 19.1. The summed E-state index contributed by atoms with van der Waals surface area (Å²) in [7, 11) is 1.91. The second-order valence-electron chi connectivity index (χ2n) is 6.28. The molecule has 1 aliphatic heterocycles. The zero-order valence-corrected chi connectivity index (χ0v) is 14.5. The molecule has 1 unspecified atom stereocenters. The summed E-state index contributed by atoms with van der Waals surface area (Å²) < 4.78 is 28.9. The fourth-order valence-electron chi connectivity index (χ4n) is 3.13. The van der Waals surface area contributed by atoms with Crippen LogP contribution in [0.15, 0.2) is 35.6 Å². The molecule has 5 nitrogen and oxygen atoms in total. The van der Waals surface area contributed by atoms with Gasteiger partial charge in [-0.25, -0.2) is 13.8 Å². The van der Waals surface area contributed by atoms with Crippen molar-refractivity contribution in [2.75, 3.05) is 19.6 Å². The minimum atomic E-state index is -0.450. The lowest BCUT2D eigenvalue weighted by Crippen LogP contribution is -2.40. The normalized spacial score (nSPS) is 18.0. The molecule has 1 N–H and O–H groups in total. The van der Waals surface area contributed by atoms with E-state index < -0.39 is 11.6 Å². The van der Waals surface area contributed by atoms with E-state index in [1.165, 1.54) is 11.6 Å². The molecule has 0 amide bonds. The number of rotatable bonds is 4. The molecule has 0 radical (unpaired) electrons. The first-order valence-electron chi connectivity index (χ1n) is 8.52. The molecule has 0 spiro atoms. The number of nitrogens with zero attached hydrogens (tertiary/aromatic N) is 4. The molecule has 3 rings (SSSR count). The number of nitrogens with one attached hydrogen (secondary N) is 1. The van der Waals surface area contributed by atoms with Gasteiger partial charge in [0.1, 0.15) is 11.6 Å². The van der Waals surface area contributed by atoms with Crippen molar-refractivity contribution in [3.63, 3.8) is 0 Å². The van der Waals surface area contributed by atoms with Crippen molar-refractivity contribution in [1.29, 1.82) is 0 Å². The number of hydrogen-bond acceptors (Lipinski definition) is 2. The minimum absolute atomic E-state index is 0.111. The quantitative estimate of drug-likeness (QED) is 0.683. The monoisotopic (exact) mass is 347 g/mol. The first kappa shape index (κ1) is 17.4. The highest BCUT2D eigenvalue weighted by molar-refractivity contribution is 5.80. The van der Waals surface area contributed by atoms with Gasteiger partial charge in [0, 0.05) is 44.4 Å². The molecule has 1 saturated heterocycles. The van der Waals surface area contributed by atoms with Crippen LogP contribution in [-0.2, 0) is 13.6 Å². The number of aryl methyl sites for hydroxylation is 1. The van der Waals surface area contributed by atoms with Gasteiger partial charge in [-0.2, -0.15) is 5.10 Å². The summed E-state index contributed by atoms with van der Waals surface area (Å²) in [6.07, 6.45) is 4.96. The Morgan fingerprint density at radius 1 is 1.40 bits per heavy atom. The van der Waals surface area contributed by atoms with Crippen molar-refractivity contribution in [2.24, 2.45) is 12.0 Å². The third kappa shape index (κ3) is 4.15. The Bertz CT molecular complexity index is 756. The highest BCUT2D eigenvalue weighted by Crippen LogP contribution is 2.26. The summed E-state index contributed by atoms with van der Waals surface area (Å²) in [5.41, 5.74) is 1.48. The Kier molecular flexibility index (Phi) is 5.31. The van der Waals surface area contributed by atoms with Gasteiger partial charge in [-0.3, -0.25) is 4.68 Å². The SMILES string of the molecule is CCNC(=NCc1cc(F)ccc1F)N1CCC(c2cnn(C)c2)C1. The van der Waals surface area contributed by atoms with Crippen LogP contribution < -0.4 is 5.32 Å². The lowest BCUT2D eigenvalue weighted by Gasteiger charge is -2.21. The molecule has 1 aromatic carbocycles. The zero-order chi connectivity index (χ0) is 17.8. The number of aromatic nitrogens is 2. The molecule has 1 fully saturated rings. The number of aliphatic imine (C=N–C) groups is 1. The van der Waals surface area contributed by atoms with E-state index in [-0.39, 0.29) is 12.1 Å². The lowest BCUT2D eigenvalue weighted by molar-refractivity contribution is 0.485. The van der Waals surface area contributed by atoms with Crippen LogP contribution in [0.25, 0.3) is 0 Å². The zero-order valence-electron chi connectivity index (χ0n) is 14.5. The molecule has 2 heterocycles. The van der Waals surface area contributed by atoms with Gasteiger partial charge in [0.05, 0.1) is 12.7 Å². The molecule has 134 valence electrons. The Hall–Kier alpha value is -2.44. The molecule has 7 heteroatoms. The largest absolute Gasteiger partial charge is 0.357 e. The Morgan fingerprint density at radius 3 is 2.96 bits per heavy atom. The van der Waals surface area contributed by atoms with Crippen molar-refractivity contribution < 1.29 is 8.78 Å². The van der Waals surface area contributed by atoms with Crippen LogP contribution in [0.4, 0.5) is 8.78 Å². The van der Waals surface area contributed by atoms with Gasteiger partial charge in [-0.15, -0.1) is 0 Å². The average Bonchev–Trinajstić information content (AvgIpc) is 3.23. The Balaban J connectivity index is 1.71. The second-order valence-corrected chi connectivity index (χ2v) is 6.28. The number of benzene rings is 1. The maximum absolute atomic E-state index is 13.8. The number of hydrogen-bond donors (Lipinski definition) is 1. The summed E-state index contributed by atoms with van der Waals surface area (Å²) in [6, 6.07) is 3.46. The van der Waals surface area contributed by atoms with Gasteiger partial charge in [0.15, 0.2) is 5.96 Å². The van der Waals surface area contributed by atoms with E-state index in [2.05, 4.69) is 20.3 Å². The van der Waals surface area contributed by atoms with E-state index in [0.29, 0.717) is 5.92 Å². The van der Waals surface area contributed by atoms with Crippen LogP contribution in [-0.4, -0.2) is 40.3 Å². The molecule has 25 heavy (non-hydrogen) atoms. The van der Waals surface area contributed by atoms with Crippen LogP contribution in [0, 0.1) is 11.6 Å². The van der Waals surface area contributed by atoms with Crippen LogP contribution in [0.5, 0.6) is 0 Å². The predicted molar refractivity (Wildman–Crippen MR) is 93.3 cm³/mol. The maximum atomic E-state index is 13.8. The van der Waals surface area contributed by atoms with Crippen molar-refractivity contribution in [3.8, 4) is 0 Å². The molecule has 1 atom stereocenters. The van der Waals surface area contributed by atoms with E-state index in [1.54, 1.807) is 0 Å². The van der Waals surface area contributed by atoms with Gasteiger partial charge in [0.2, 0.25) is 0 Å². The van der Waals surface area contributed by atoms with E-state index in [1.807, 2.05) is 31.0 Å². The Morgan fingerprint density at radius 2 is 2.24 bits per heavy atom. The molecule has 0 bridgehead atoms. The maximum Gasteiger partial charge on any atom is 0.194 e. The molecule has 2 aromatic rings. The van der Waals surface area contributed by atoms with Gasteiger partial charge in [0.25, 0.3) is 0 Å². The van der Waals surface area contributed by atoms with Gasteiger partial charge >= 0.3 is 0 Å². The smallest absolute Gasteiger partial charge is 0.194 e. The van der Waals surface area contributed by atoms with Crippen LogP contribution in [0.1, 0.15) is 30.4 Å². The van der Waals surface area contributed by atoms with Crippen molar-refractivity contribution in [2.45, 2.75) is 25.8 Å². The molecule has 1 aromatic heterocycles. The summed E-state index contributed by atoms with van der Waals surface area (Å²) in [5, 5.41) is 7.48. The molecule has 0 aliphatic carbocycles. The second kappa shape index (κ2) is 7.63. The first-order chi connectivity index (χ1) is 12.1. The lowest BCUT2D eigenvalue weighted by atomic mass is 10.0. The third-order valence-electron chi connectivity index (χ3n) is 4.43. The van der Waals surface area contributed by atoms with E-state index in [0.717, 1.165) is 44.1 Å². The summed E-state index contributed by atoms with van der Waals surface area (Å²) in [5.74, 6) is 0.256. The van der Waals surface area contributed by atoms with E-state index >= 15 is 0 Å². The van der Waals surface area contributed by atoms with Crippen LogP contribution in [0.3, 0.4) is 0 Å². The number of likely N-dealkylation sites (tertiary alicyclic amines) is 1. The highest BCUT2D eigenvalue weighted by Gasteiger charge is 2.26.